The van der Waals surface area contributed by atoms with E-state index in [2.05, 4.69) is 10.6 Å². The van der Waals surface area contributed by atoms with Crippen LogP contribution in [-0.4, -0.2) is 26.2 Å². The molecular formula is C17H19N3O4S. The number of hydrogen-bond acceptors (Lipinski definition) is 5. The predicted molar refractivity (Wildman–Crippen MR) is 96.0 cm³/mol. The molecule has 1 atom stereocenters. The molecule has 4 N–H and O–H groups in total. The lowest BCUT2D eigenvalue weighted by Crippen LogP contribution is -2.31. The second kappa shape index (κ2) is 7.45. The standard InChI is InChI=1S/C17H19N3O4S/c1-11(19-15-5-3-4-13(10-15)12(2)21)17(22)20-14-6-8-16(9-7-14)25(18,23)24/h3-11,19H,1-2H3,(H,20,22)(H2,18,23,24)/t11-/m1/s1. The largest absolute Gasteiger partial charge is 0.374 e. The van der Waals surface area contributed by atoms with Gasteiger partial charge in [-0.1, -0.05) is 12.1 Å². The summed E-state index contributed by atoms with van der Waals surface area (Å²) >= 11 is 0. The molecular weight excluding hydrogens is 342 g/mol. The zero-order chi connectivity index (χ0) is 18.6. The average Bonchev–Trinajstić information content (AvgIpc) is 2.54. The normalized spacial score (nSPS) is 12.3. The molecule has 8 heteroatoms. The van der Waals surface area contributed by atoms with E-state index in [4.69, 9.17) is 5.14 Å². The number of hydrogen-bond donors (Lipinski definition) is 3. The molecule has 0 fully saturated rings. The van der Waals surface area contributed by atoms with Gasteiger partial charge >= 0.3 is 0 Å². The van der Waals surface area contributed by atoms with Crippen molar-refractivity contribution < 1.29 is 18.0 Å². The Morgan fingerprint density at radius 2 is 1.68 bits per heavy atom. The molecule has 2 aromatic carbocycles. The van der Waals surface area contributed by atoms with Crippen molar-refractivity contribution in [2.45, 2.75) is 24.8 Å². The minimum absolute atomic E-state index is 0.0299. The maximum Gasteiger partial charge on any atom is 0.246 e. The topological polar surface area (TPSA) is 118 Å². The van der Waals surface area contributed by atoms with E-state index in [1.54, 1.807) is 31.2 Å². The molecule has 0 bridgehead atoms. The molecule has 1 amide bonds. The molecule has 0 aliphatic rings. The van der Waals surface area contributed by atoms with Crippen LogP contribution in [0.3, 0.4) is 0 Å². The van der Waals surface area contributed by atoms with Crippen LogP contribution in [0.4, 0.5) is 11.4 Å². The van der Waals surface area contributed by atoms with E-state index < -0.39 is 16.1 Å². The van der Waals surface area contributed by atoms with Crippen LogP contribution in [0, 0.1) is 0 Å². The van der Waals surface area contributed by atoms with E-state index in [0.717, 1.165) is 0 Å². The highest BCUT2D eigenvalue weighted by molar-refractivity contribution is 7.89. The number of ketones is 1. The van der Waals surface area contributed by atoms with Gasteiger partial charge in [0.2, 0.25) is 15.9 Å². The summed E-state index contributed by atoms with van der Waals surface area (Å²) in [6, 6.07) is 11.9. The Bertz CT molecular complexity index is 892. The molecule has 0 spiro atoms. The molecule has 0 saturated carbocycles. The summed E-state index contributed by atoms with van der Waals surface area (Å²) in [5, 5.41) is 10.7. The van der Waals surface area contributed by atoms with Crippen LogP contribution >= 0.6 is 0 Å². The number of primary sulfonamides is 1. The quantitative estimate of drug-likeness (QED) is 0.680. The molecule has 25 heavy (non-hydrogen) atoms. The van der Waals surface area contributed by atoms with E-state index in [1.165, 1.54) is 31.2 Å². The molecule has 2 rings (SSSR count). The molecule has 0 saturated heterocycles. The fraction of sp³-hybridized carbons (Fsp3) is 0.176. The van der Waals surface area contributed by atoms with Crippen LogP contribution in [-0.2, 0) is 14.8 Å². The van der Waals surface area contributed by atoms with E-state index in [9.17, 15) is 18.0 Å². The first-order valence-electron chi connectivity index (χ1n) is 7.48. The fourth-order valence-electron chi connectivity index (χ4n) is 2.12. The van der Waals surface area contributed by atoms with Crippen molar-refractivity contribution in [1.82, 2.24) is 0 Å². The number of anilines is 2. The van der Waals surface area contributed by atoms with E-state index in [1.807, 2.05) is 0 Å². The van der Waals surface area contributed by atoms with Crippen molar-refractivity contribution in [2.24, 2.45) is 5.14 Å². The summed E-state index contributed by atoms with van der Waals surface area (Å²) in [6.45, 7) is 3.15. The predicted octanol–water partition coefficient (Wildman–Crippen LogP) is 1.98. The summed E-state index contributed by atoms with van der Waals surface area (Å²) in [7, 11) is -3.77. The van der Waals surface area contributed by atoms with E-state index in [0.29, 0.717) is 16.9 Å². The molecule has 7 nitrogen and oxygen atoms in total. The zero-order valence-corrected chi connectivity index (χ0v) is 14.6. The van der Waals surface area contributed by atoms with Crippen LogP contribution in [0.25, 0.3) is 0 Å². The van der Waals surface area contributed by atoms with Crippen molar-refractivity contribution in [3.63, 3.8) is 0 Å². The minimum Gasteiger partial charge on any atom is -0.374 e. The third-order valence-corrected chi connectivity index (χ3v) is 4.43. The highest BCUT2D eigenvalue weighted by Crippen LogP contribution is 2.15. The maximum absolute atomic E-state index is 12.2. The van der Waals surface area contributed by atoms with Gasteiger partial charge in [0, 0.05) is 16.9 Å². The third-order valence-electron chi connectivity index (χ3n) is 3.50. The zero-order valence-electron chi connectivity index (χ0n) is 13.8. The summed E-state index contributed by atoms with van der Waals surface area (Å²) in [6.07, 6.45) is 0. The van der Waals surface area contributed by atoms with Gasteiger partial charge in [-0.15, -0.1) is 0 Å². The molecule has 132 valence electrons. The first kappa shape index (κ1) is 18.6. The SMILES string of the molecule is CC(=O)c1cccc(N[C@H](C)C(=O)Nc2ccc(S(N)(=O)=O)cc2)c1. The molecule has 0 radical (unpaired) electrons. The van der Waals surface area contributed by atoms with Crippen LogP contribution < -0.4 is 15.8 Å². The Morgan fingerprint density at radius 1 is 1.04 bits per heavy atom. The van der Waals surface area contributed by atoms with Gasteiger partial charge in [0.1, 0.15) is 6.04 Å². The number of sulfonamides is 1. The lowest BCUT2D eigenvalue weighted by atomic mass is 10.1. The number of Topliss-reactive ketones (excluding diaryl/α,β-unsaturated/α-hetero) is 1. The number of benzene rings is 2. The Hall–Kier alpha value is -2.71. The van der Waals surface area contributed by atoms with Crippen LogP contribution in [0.15, 0.2) is 53.4 Å². The van der Waals surface area contributed by atoms with Gasteiger partial charge in [-0.25, -0.2) is 13.6 Å². The summed E-state index contributed by atoms with van der Waals surface area (Å²) in [4.78, 5) is 23.6. The second-order valence-electron chi connectivity index (χ2n) is 5.56. The van der Waals surface area contributed by atoms with Crippen LogP contribution in [0.5, 0.6) is 0 Å². The first-order valence-corrected chi connectivity index (χ1v) is 9.03. The number of rotatable bonds is 6. The number of carbonyl (C=O) groups is 2. The van der Waals surface area contributed by atoms with Gasteiger partial charge in [0.05, 0.1) is 4.90 Å². The van der Waals surface area contributed by atoms with Crippen molar-refractivity contribution >= 4 is 33.1 Å². The van der Waals surface area contributed by atoms with Crippen molar-refractivity contribution in [3.8, 4) is 0 Å². The molecule has 0 aliphatic heterocycles. The van der Waals surface area contributed by atoms with Gasteiger partial charge in [-0.3, -0.25) is 9.59 Å². The number of nitrogens with two attached hydrogens (primary N) is 1. The average molecular weight is 361 g/mol. The first-order chi connectivity index (χ1) is 11.7. The van der Waals surface area contributed by atoms with Crippen LogP contribution in [0.2, 0.25) is 0 Å². The molecule has 0 aromatic heterocycles. The van der Waals surface area contributed by atoms with Crippen molar-refractivity contribution in [3.05, 3.63) is 54.1 Å². The second-order valence-corrected chi connectivity index (χ2v) is 7.12. The Labute approximate surface area is 146 Å². The van der Waals surface area contributed by atoms with Gasteiger partial charge in [-0.05, 0) is 50.2 Å². The minimum atomic E-state index is -3.77. The third kappa shape index (κ3) is 5.13. The monoisotopic (exact) mass is 361 g/mol. The number of carbonyl (C=O) groups excluding carboxylic acids is 2. The number of nitrogens with one attached hydrogen (secondary N) is 2. The Morgan fingerprint density at radius 3 is 2.24 bits per heavy atom. The molecule has 0 aliphatic carbocycles. The number of amides is 1. The highest BCUT2D eigenvalue weighted by atomic mass is 32.2. The summed E-state index contributed by atoms with van der Waals surface area (Å²) in [5.74, 6) is -0.368. The Kier molecular flexibility index (Phi) is 5.55. The van der Waals surface area contributed by atoms with E-state index >= 15 is 0 Å². The summed E-state index contributed by atoms with van der Waals surface area (Å²) < 4.78 is 22.4. The van der Waals surface area contributed by atoms with Crippen molar-refractivity contribution in [1.29, 1.82) is 0 Å². The van der Waals surface area contributed by atoms with Crippen molar-refractivity contribution in [2.75, 3.05) is 10.6 Å². The molecule has 2 aromatic rings. The summed E-state index contributed by atoms with van der Waals surface area (Å²) in [5.41, 5.74) is 1.65. The lowest BCUT2D eigenvalue weighted by Gasteiger charge is -2.16. The Balaban J connectivity index is 2.03. The van der Waals surface area contributed by atoms with Gasteiger partial charge in [0.15, 0.2) is 5.78 Å². The lowest BCUT2D eigenvalue weighted by molar-refractivity contribution is -0.116. The van der Waals surface area contributed by atoms with E-state index in [-0.39, 0.29) is 16.6 Å². The van der Waals surface area contributed by atoms with Gasteiger partial charge < -0.3 is 10.6 Å². The molecule has 0 heterocycles. The van der Waals surface area contributed by atoms with Crippen LogP contribution in [0.1, 0.15) is 24.2 Å². The van der Waals surface area contributed by atoms with Gasteiger partial charge in [0.25, 0.3) is 0 Å². The van der Waals surface area contributed by atoms with Gasteiger partial charge in [-0.2, -0.15) is 0 Å². The fourth-order valence-corrected chi connectivity index (χ4v) is 2.64. The smallest absolute Gasteiger partial charge is 0.246 e. The molecule has 0 unspecified atom stereocenters. The maximum atomic E-state index is 12.2. The highest BCUT2D eigenvalue weighted by Gasteiger charge is 2.14.